The first-order valence-electron chi connectivity index (χ1n) is 6.63. The summed E-state index contributed by atoms with van der Waals surface area (Å²) in [4.78, 5) is 1.37. The van der Waals surface area contributed by atoms with Crippen LogP contribution in [0, 0.1) is 5.92 Å². The first-order valence-corrected chi connectivity index (χ1v) is 7.62. The van der Waals surface area contributed by atoms with Crippen molar-refractivity contribution in [3.63, 3.8) is 0 Å². The average molecular weight is 251 g/mol. The van der Waals surface area contributed by atoms with Crippen LogP contribution in [0.2, 0.25) is 0 Å². The van der Waals surface area contributed by atoms with Gasteiger partial charge in [-0.1, -0.05) is 39.0 Å². The van der Waals surface area contributed by atoms with E-state index in [0.29, 0.717) is 6.04 Å². The molecule has 0 saturated heterocycles. The van der Waals surface area contributed by atoms with Crippen LogP contribution in [0.5, 0.6) is 0 Å². The fourth-order valence-electron chi connectivity index (χ4n) is 1.84. The van der Waals surface area contributed by atoms with E-state index in [-0.39, 0.29) is 0 Å². The third kappa shape index (κ3) is 6.75. The molecule has 1 rings (SSSR count). The van der Waals surface area contributed by atoms with Crippen LogP contribution < -0.4 is 5.32 Å². The largest absolute Gasteiger partial charge is 0.313 e. The molecule has 1 N–H and O–H groups in total. The van der Waals surface area contributed by atoms with Gasteiger partial charge >= 0.3 is 0 Å². The standard InChI is InChI=1S/C15H25NS/c1-4-10-16-14(11-13(2)3)12-17-15-8-6-5-7-9-15/h5-9,13-14,16H,4,10-12H2,1-3H3. The highest BCUT2D eigenvalue weighted by Crippen LogP contribution is 2.20. The van der Waals surface area contributed by atoms with Crippen molar-refractivity contribution >= 4 is 11.8 Å². The number of thioether (sulfide) groups is 1. The summed E-state index contributed by atoms with van der Waals surface area (Å²) in [5, 5.41) is 3.65. The second kappa shape index (κ2) is 8.60. The lowest BCUT2D eigenvalue weighted by atomic mass is 10.1. The number of benzene rings is 1. The highest BCUT2D eigenvalue weighted by molar-refractivity contribution is 7.99. The van der Waals surface area contributed by atoms with E-state index in [4.69, 9.17) is 0 Å². The number of hydrogen-bond acceptors (Lipinski definition) is 2. The van der Waals surface area contributed by atoms with E-state index in [0.717, 1.165) is 12.5 Å². The molecule has 0 bridgehead atoms. The van der Waals surface area contributed by atoms with Gasteiger partial charge in [-0.3, -0.25) is 0 Å². The van der Waals surface area contributed by atoms with Gasteiger partial charge < -0.3 is 5.32 Å². The molecule has 1 aromatic carbocycles. The Morgan fingerprint density at radius 2 is 1.88 bits per heavy atom. The van der Waals surface area contributed by atoms with Crippen molar-refractivity contribution in [2.45, 2.75) is 44.6 Å². The van der Waals surface area contributed by atoms with Crippen LogP contribution >= 0.6 is 11.8 Å². The summed E-state index contributed by atoms with van der Waals surface area (Å²) in [5.41, 5.74) is 0. The van der Waals surface area contributed by atoms with Crippen LogP contribution in [-0.4, -0.2) is 18.3 Å². The Morgan fingerprint density at radius 1 is 1.18 bits per heavy atom. The van der Waals surface area contributed by atoms with E-state index in [1.807, 2.05) is 11.8 Å². The third-order valence-electron chi connectivity index (χ3n) is 2.63. The molecule has 1 aromatic rings. The third-order valence-corrected chi connectivity index (χ3v) is 3.81. The van der Waals surface area contributed by atoms with Gasteiger partial charge in [-0.2, -0.15) is 0 Å². The van der Waals surface area contributed by atoms with Crippen molar-refractivity contribution in [1.29, 1.82) is 0 Å². The van der Waals surface area contributed by atoms with Crippen molar-refractivity contribution in [3.05, 3.63) is 30.3 Å². The minimum atomic E-state index is 0.639. The molecule has 0 aliphatic carbocycles. The molecule has 0 amide bonds. The SMILES string of the molecule is CCCNC(CSc1ccccc1)CC(C)C. The molecule has 0 heterocycles. The Bertz CT molecular complexity index is 284. The number of hydrogen-bond donors (Lipinski definition) is 1. The zero-order chi connectivity index (χ0) is 12.5. The van der Waals surface area contributed by atoms with Gasteiger partial charge in [0.15, 0.2) is 0 Å². The highest BCUT2D eigenvalue weighted by atomic mass is 32.2. The van der Waals surface area contributed by atoms with Crippen LogP contribution in [0.4, 0.5) is 0 Å². The molecule has 0 aliphatic rings. The lowest BCUT2D eigenvalue weighted by Crippen LogP contribution is -2.33. The molecule has 0 aliphatic heterocycles. The Kier molecular flexibility index (Phi) is 7.38. The minimum absolute atomic E-state index is 0.639. The van der Waals surface area contributed by atoms with Gasteiger partial charge in [0, 0.05) is 16.7 Å². The molecule has 0 saturated carbocycles. The molecule has 0 aromatic heterocycles. The number of rotatable bonds is 8. The topological polar surface area (TPSA) is 12.0 Å². The van der Waals surface area contributed by atoms with Crippen LogP contribution in [-0.2, 0) is 0 Å². The molecule has 0 spiro atoms. The lowest BCUT2D eigenvalue weighted by molar-refractivity contribution is 0.448. The van der Waals surface area contributed by atoms with Crippen molar-refractivity contribution in [2.24, 2.45) is 5.92 Å². The van der Waals surface area contributed by atoms with Gasteiger partial charge in [0.05, 0.1) is 0 Å². The quantitative estimate of drug-likeness (QED) is 0.695. The van der Waals surface area contributed by atoms with Crippen molar-refractivity contribution in [1.82, 2.24) is 5.32 Å². The van der Waals surface area contributed by atoms with E-state index >= 15 is 0 Å². The van der Waals surface area contributed by atoms with E-state index in [1.54, 1.807) is 0 Å². The summed E-state index contributed by atoms with van der Waals surface area (Å²) in [6.45, 7) is 7.96. The van der Waals surface area contributed by atoms with Gasteiger partial charge in [0.2, 0.25) is 0 Å². The molecular weight excluding hydrogens is 226 g/mol. The average Bonchev–Trinajstić information content (AvgIpc) is 2.33. The maximum absolute atomic E-state index is 3.65. The van der Waals surface area contributed by atoms with Crippen molar-refractivity contribution in [3.8, 4) is 0 Å². The summed E-state index contributed by atoms with van der Waals surface area (Å²) in [5.74, 6) is 1.93. The molecule has 0 radical (unpaired) electrons. The van der Waals surface area contributed by atoms with Gasteiger partial charge in [0.1, 0.15) is 0 Å². The molecule has 1 nitrogen and oxygen atoms in total. The van der Waals surface area contributed by atoms with Gasteiger partial charge in [-0.05, 0) is 37.4 Å². The minimum Gasteiger partial charge on any atom is -0.313 e. The van der Waals surface area contributed by atoms with Crippen LogP contribution in [0.15, 0.2) is 35.2 Å². The van der Waals surface area contributed by atoms with E-state index in [2.05, 4.69) is 56.4 Å². The Labute approximate surface area is 110 Å². The Morgan fingerprint density at radius 3 is 2.47 bits per heavy atom. The highest BCUT2D eigenvalue weighted by Gasteiger charge is 2.10. The van der Waals surface area contributed by atoms with Gasteiger partial charge in [0.25, 0.3) is 0 Å². The zero-order valence-electron chi connectivity index (χ0n) is 11.3. The van der Waals surface area contributed by atoms with Crippen LogP contribution in [0.25, 0.3) is 0 Å². The Balaban J connectivity index is 2.37. The summed E-state index contributed by atoms with van der Waals surface area (Å²) in [6, 6.07) is 11.3. The predicted octanol–water partition coefficient (Wildman–Crippen LogP) is 4.19. The normalized spacial score (nSPS) is 12.9. The monoisotopic (exact) mass is 251 g/mol. The van der Waals surface area contributed by atoms with Crippen LogP contribution in [0.3, 0.4) is 0 Å². The number of nitrogens with one attached hydrogen (secondary N) is 1. The molecule has 2 heteroatoms. The smallest absolute Gasteiger partial charge is 0.0164 e. The van der Waals surface area contributed by atoms with Crippen molar-refractivity contribution in [2.75, 3.05) is 12.3 Å². The van der Waals surface area contributed by atoms with Gasteiger partial charge in [-0.15, -0.1) is 11.8 Å². The van der Waals surface area contributed by atoms with Crippen molar-refractivity contribution < 1.29 is 0 Å². The Hall–Kier alpha value is -0.470. The van der Waals surface area contributed by atoms with Gasteiger partial charge in [-0.25, -0.2) is 0 Å². The molecule has 1 atom stereocenters. The molecule has 1 unspecified atom stereocenters. The second-order valence-electron chi connectivity index (χ2n) is 4.90. The zero-order valence-corrected chi connectivity index (χ0v) is 12.1. The first-order chi connectivity index (χ1) is 8.22. The summed E-state index contributed by atoms with van der Waals surface area (Å²) < 4.78 is 0. The van der Waals surface area contributed by atoms with E-state index in [1.165, 1.54) is 23.5 Å². The summed E-state index contributed by atoms with van der Waals surface area (Å²) in [6.07, 6.45) is 2.48. The lowest BCUT2D eigenvalue weighted by Gasteiger charge is -2.20. The molecule has 0 fully saturated rings. The molecule has 17 heavy (non-hydrogen) atoms. The summed E-state index contributed by atoms with van der Waals surface area (Å²) in [7, 11) is 0. The molecule has 96 valence electrons. The van der Waals surface area contributed by atoms with E-state index < -0.39 is 0 Å². The van der Waals surface area contributed by atoms with E-state index in [9.17, 15) is 0 Å². The van der Waals surface area contributed by atoms with Crippen LogP contribution in [0.1, 0.15) is 33.6 Å². The maximum Gasteiger partial charge on any atom is 0.0164 e. The predicted molar refractivity (Wildman–Crippen MR) is 78.7 cm³/mol. The first kappa shape index (κ1) is 14.6. The fourth-order valence-corrected chi connectivity index (χ4v) is 2.84. The second-order valence-corrected chi connectivity index (χ2v) is 6.00. The fraction of sp³-hybridized carbons (Fsp3) is 0.600. The maximum atomic E-state index is 3.65. The summed E-state index contributed by atoms with van der Waals surface area (Å²) >= 11 is 1.96. The molecular formula is C15H25NS.